The largest absolute Gasteiger partial charge is 0.383 e. The van der Waals surface area contributed by atoms with Gasteiger partial charge in [-0.1, -0.05) is 6.07 Å². The number of likely N-dealkylation sites (tertiary alicyclic amines) is 1. The van der Waals surface area contributed by atoms with E-state index in [0.29, 0.717) is 120 Å². The Balaban J connectivity index is 0.600. The van der Waals surface area contributed by atoms with Gasteiger partial charge in [0, 0.05) is 56.1 Å². The van der Waals surface area contributed by atoms with Gasteiger partial charge in [-0.05, 0) is 86.7 Å². The number of nitrogens with zero attached hydrogens (tertiary/aromatic N) is 7. The molecule has 0 radical (unpaired) electrons. The zero-order valence-corrected chi connectivity index (χ0v) is 40.6. The Morgan fingerprint density at radius 2 is 1.50 bits per heavy atom. The molecule has 3 saturated heterocycles. The van der Waals surface area contributed by atoms with Gasteiger partial charge in [-0.15, -0.1) is 0 Å². The van der Waals surface area contributed by atoms with Crippen molar-refractivity contribution < 1.29 is 56.5 Å². The summed E-state index contributed by atoms with van der Waals surface area (Å²) in [4.78, 5) is 90.2. The fraction of sp³-hybridized carbons (Fsp3) is 0.431. The van der Waals surface area contributed by atoms with Crippen LogP contribution in [0.5, 0.6) is 0 Å². The van der Waals surface area contributed by atoms with Crippen LogP contribution in [0.1, 0.15) is 87.8 Å². The maximum atomic E-state index is 14.8. The second kappa shape index (κ2) is 24.0. The summed E-state index contributed by atoms with van der Waals surface area (Å²) in [6, 6.07) is 13.8. The van der Waals surface area contributed by atoms with E-state index in [1.165, 1.54) is 16.8 Å². The number of anilines is 4. The number of pyridine rings is 1. The summed E-state index contributed by atoms with van der Waals surface area (Å²) in [6.45, 7) is 4.98. The fourth-order valence-corrected chi connectivity index (χ4v) is 9.48. The normalized spacial score (nSPS) is 18.1. The van der Waals surface area contributed by atoms with Crippen LogP contribution in [0, 0.1) is 11.6 Å². The Kier molecular flexibility index (Phi) is 16.7. The van der Waals surface area contributed by atoms with Gasteiger partial charge in [0.2, 0.25) is 17.7 Å². The molecule has 9 rings (SSSR count). The van der Waals surface area contributed by atoms with Gasteiger partial charge in [-0.2, -0.15) is 5.10 Å². The monoisotopic (exact) mass is 1020 g/mol. The predicted molar refractivity (Wildman–Crippen MR) is 264 cm³/mol. The van der Waals surface area contributed by atoms with E-state index in [0.717, 1.165) is 23.5 Å². The zero-order valence-electron chi connectivity index (χ0n) is 40.6. The minimum atomic E-state index is -1.02. The molecule has 0 saturated carbocycles. The highest BCUT2D eigenvalue weighted by molar-refractivity contribution is 6.23. The molecule has 3 fully saturated rings. The van der Waals surface area contributed by atoms with Gasteiger partial charge in [0.25, 0.3) is 17.7 Å². The molecule has 4 aliphatic rings. The number of hydrogen-bond donors (Lipinski definition) is 4. The van der Waals surface area contributed by atoms with Crippen LogP contribution in [0.15, 0.2) is 73.1 Å². The third kappa shape index (κ3) is 12.3. The maximum Gasteiger partial charge on any atom is 0.274 e. The molecule has 21 nitrogen and oxygen atoms in total. The standard InChI is InChI=1S/C51H57F2N11O10/c52-32-6-9-38(53)37(29-32)41-4-2-17-62(41)44-14-20-63-47(59-44)40(31-55-63)58-48(67)39-3-1-5-43(57-39)56-33-12-18-61(19-13-33)46(66)15-21-71-23-25-73-27-28-74-26-24-72-22-16-54-34-7-8-35-36(30-34)51(70)64(50(35)69)42-10-11-45(65)60-49(42)68/h1,3,5-9,14,20,29-31,33,41-42,54H,2,4,10-13,15-19,21-28H2,(H,56,57)(H,58,67)(H,60,65,68)/t41-,42?/m1/s1. The smallest absolute Gasteiger partial charge is 0.274 e. The first-order valence-corrected chi connectivity index (χ1v) is 24.8. The van der Waals surface area contributed by atoms with E-state index in [9.17, 15) is 37.5 Å². The number of rotatable bonds is 23. The molecule has 2 aromatic carbocycles. The van der Waals surface area contributed by atoms with Crippen molar-refractivity contribution in [3.8, 4) is 0 Å². The van der Waals surface area contributed by atoms with Gasteiger partial charge in [0.05, 0.1) is 82.6 Å². The summed E-state index contributed by atoms with van der Waals surface area (Å²) in [5.41, 5.74) is 2.25. The molecule has 2 atom stereocenters. The number of benzene rings is 2. The van der Waals surface area contributed by atoms with Gasteiger partial charge in [0.15, 0.2) is 5.65 Å². The van der Waals surface area contributed by atoms with E-state index in [-0.39, 0.29) is 66.2 Å². The average molecular weight is 1020 g/mol. The van der Waals surface area contributed by atoms with E-state index in [4.69, 9.17) is 23.9 Å². The molecule has 74 heavy (non-hydrogen) atoms. The van der Waals surface area contributed by atoms with Crippen molar-refractivity contribution in [3.63, 3.8) is 0 Å². The third-order valence-electron chi connectivity index (χ3n) is 13.2. The number of halogens is 2. The first-order valence-electron chi connectivity index (χ1n) is 24.8. The first kappa shape index (κ1) is 51.4. The summed E-state index contributed by atoms with van der Waals surface area (Å²) < 4.78 is 52.7. The number of ether oxygens (including phenoxy) is 4. The highest BCUT2D eigenvalue weighted by Crippen LogP contribution is 2.37. The number of nitrogens with one attached hydrogen (secondary N) is 4. The lowest BCUT2D eigenvalue weighted by atomic mass is 10.0. The van der Waals surface area contributed by atoms with Crippen molar-refractivity contribution in [3.05, 3.63) is 107 Å². The van der Waals surface area contributed by atoms with Crippen LogP contribution >= 0.6 is 0 Å². The van der Waals surface area contributed by atoms with Gasteiger partial charge in [-0.25, -0.2) is 23.3 Å². The molecule has 0 aliphatic carbocycles. The second-order valence-corrected chi connectivity index (χ2v) is 18.1. The number of piperidine rings is 2. The van der Waals surface area contributed by atoms with Gasteiger partial charge >= 0.3 is 0 Å². The quantitative estimate of drug-likeness (QED) is 0.0525. The van der Waals surface area contributed by atoms with Crippen molar-refractivity contribution in [2.75, 3.05) is 99.9 Å². The molecular formula is C51H57F2N11O10. The van der Waals surface area contributed by atoms with Gasteiger partial charge < -0.3 is 44.7 Å². The van der Waals surface area contributed by atoms with Crippen molar-refractivity contribution in [2.45, 2.75) is 63.1 Å². The minimum Gasteiger partial charge on any atom is -0.383 e. The van der Waals surface area contributed by atoms with Gasteiger partial charge in [0.1, 0.15) is 40.7 Å². The molecule has 23 heteroatoms. The van der Waals surface area contributed by atoms with E-state index in [1.54, 1.807) is 48.7 Å². The van der Waals surface area contributed by atoms with E-state index in [2.05, 4.69) is 31.3 Å². The lowest BCUT2D eigenvalue weighted by Gasteiger charge is -2.32. The molecule has 390 valence electrons. The molecule has 4 N–H and O–H groups in total. The number of imide groups is 2. The Bertz CT molecular complexity index is 2880. The van der Waals surface area contributed by atoms with E-state index >= 15 is 0 Å². The number of carbonyl (C=O) groups is 6. The molecule has 7 heterocycles. The van der Waals surface area contributed by atoms with Crippen molar-refractivity contribution in [1.29, 1.82) is 0 Å². The molecule has 5 aromatic rings. The second-order valence-electron chi connectivity index (χ2n) is 18.1. The van der Waals surface area contributed by atoms with Crippen LogP contribution in [0.2, 0.25) is 0 Å². The fourth-order valence-electron chi connectivity index (χ4n) is 9.48. The van der Waals surface area contributed by atoms with Crippen LogP contribution in [-0.4, -0.2) is 156 Å². The van der Waals surface area contributed by atoms with Crippen LogP contribution in [0.25, 0.3) is 5.65 Å². The van der Waals surface area contributed by atoms with Crippen molar-refractivity contribution in [1.82, 2.24) is 34.7 Å². The Labute approximate surface area is 424 Å². The van der Waals surface area contributed by atoms with Crippen LogP contribution in [0.4, 0.5) is 31.8 Å². The van der Waals surface area contributed by atoms with E-state index in [1.807, 2.05) is 9.80 Å². The summed E-state index contributed by atoms with van der Waals surface area (Å²) in [5, 5.41) is 16.0. The summed E-state index contributed by atoms with van der Waals surface area (Å²) in [5.74, 6) is -2.53. The molecule has 0 bridgehead atoms. The highest BCUT2D eigenvalue weighted by atomic mass is 19.1. The number of fused-ring (bicyclic) bond motifs is 2. The zero-order chi connectivity index (χ0) is 51.6. The topological polar surface area (TPSA) is 240 Å². The molecule has 3 aromatic heterocycles. The summed E-state index contributed by atoms with van der Waals surface area (Å²) >= 11 is 0. The molecule has 4 aliphatic heterocycles. The predicted octanol–water partition coefficient (Wildman–Crippen LogP) is 4.37. The van der Waals surface area contributed by atoms with Crippen LogP contribution in [0.3, 0.4) is 0 Å². The number of carbonyl (C=O) groups excluding carboxylic acids is 6. The number of amides is 6. The molecule has 0 spiro atoms. The maximum absolute atomic E-state index is 14.8. The SMILES string of the molecule is O=C1CCC(N2C(=O)c3ccc(NCCOCCOCCOCCOCCC(=O)N4CCC(Nc5cccc(C(=O)Nc6cnn7ccc(N8CCC[C@@H]8c8cc(F)ccc8F)nc67)n5)CC4)cc3C2=O)C(=O)N1. The van der Waals surface area contributed by atoms with Crippen LogP contribution in [-0.2, 0) is 33.3 Å². The number of aromatic nitrogens is 4. The molecule has 6 amide bonds. The Hall–Kier alpha value is -7.47. The number of hydrogen-bond acceptors (Lipinski definition) is 16. The summed E-state index contributed by atoms with van der Waals surface area (Å²) in [7, 11) is 0. The van der Waals surface area contributed by atoms with Gasteiger partial charge in [-0.3, -0.25) is 39.0 Å². The summed E-state index contributed by atoms with van der Waals surface area (Å²) in [6.07, 6.45) is 6.44. The van der Waals surface area contributed by atoms with Crippen molar-refractivity contribution in [2.24, 2.45) is 0 Å². The first-order chi connectivity index (χ1) is 36.0. The Morgan fingerprint density at radius 3 is 2.27 bits per heavy atom. The van der Waals surface area contributed by atoms with Crippen LogP contribution < -0.4 is 26.2 Å². The Morgan fingerprint density at radius 1 is 0.757 bits per heavy atom. The van der Waals surface area contributed by atoms with Crippen molar-refractivity contribution >= 4 is 64.1 Å². The lowest BCUT2D eigenvalue weighted by Crippen LogP contribution is -2.54. The van der Waals surface area contributed by atoms with E-state index < -0.39 is 47.2 Å². The average Bonchev–Trinajstić information content (AvgIpc) is 4.12. The lowest BCUT2D eigenvalue weighted by molar-refractivity contribution is -0.136. The highest BCUT2D eigenvalue weighted by Gasteiger charge is 2.44. The molecule has 1 unspecified atom stereocenters. The third-order valence-corrected chi connectivity index (χ3v) is 13.2. The molecular weight excluding hydrogens is 965 g/mol. The minimum absolute atomic E-state index is 0.0140.